The lowest BCUT2D eigenvalue weighted by Gasteiger charge is -2.08. The summed E-state index contributed by atoms with van der Waals surface area (Å²) in [6.45, 7) is -0.0841. The van der Waals surface area contributed by atoms with Gasteiger partial charge in [0.15, 0.2) is 11.6 Å². The minimum Gasteiger partial charge on any atom is -0.505 e. The van der Waals surface area contributed by atoms with Crippen molar-refractivity contribution >= 4 is 0 Å². The van der Waals surface area contributed by atoms with E-state index in [4.69, 9.17) is 5.11 Å². The zero-order valence-corrected chi connectivity index (χ0v) is 8.31. The van der Waals surface area contributed by atoms with Gasteiger partial charge in [-0.2, -0.15) is 13.2 Å². The number of hydrogen-bond donors (Lipinski definition) is 2. The second-order valence-corrected chi connectivity index (χ2v) is 3.33. The Kier molecular flexibility index (Phi) is 4.12. The van der Waals surface area contributed by atoms with E-state index in [9.17, 15) is 17.6 Å². The highest BCUT2D eigenvalue weighted by Gasteiger charge is 2.25. The maximum absolute atomic E-state index is 12.8. The van der Waals surface area contributed by atoms with E-state index in [1.165, 1.54) is 6.07 Å². The van der Waals surface area contributed by atoms with E-state index >= 15 is 0 Å². The number of benzene rings is 1. The molecule has 1 aromatic rings. The van der Waals surface area contributed by atoms with Crippen LogP contribution in [0.2, 0.25) is 0 Å². The van der Waals surface area contributed by atoms with Gasteiger partial charge in [-0.05, 0) is 17.7 Å². The molecule has 0 aliphatic heterocycles. The number of alkyl halides is 3. The van der Waals surface area contributed by atoms with Crippen LogP contribution in [0.5, 0.6) is 5.75 Å². The Balaban J connectivity index is 2.35. The number of halogens is 4. The summed E-state index contributed by atoms with van der Waals surface area (Å²) in [5.74, 6) is -1.26. The van der Waals surface area contributed by atoms with Gasteiger partial charge in [-0.25, -0.2) is 4.39 Å². The van der Waals surface area contributed by atoms with Crippen LogP contribution in [0, 0.1) is 5.82 Å². The molecule has 0 saturated carbocycles. The van der Waals surface area contributed by atoms with Crippen molar-refractivity contribution in [3.63, 3.8) is 0 Å². The number of nitrogens with one attached hydrogen (secondary N) is 1. The molecular weight excluding hydrogens is 226 g/mol. The summed E-state index contributed by atoms with van der Waals surface area (Å²) in [6, 6.07) is 3.69. The molecule has 0 amide bonds. The number of rotatable bonds is 4. The van der Waals surface area contributed by atoms with Gasteiger partial charge in [0.25, 0.3) is 0 Å². The van der Waals surface area contributed by atoms with Crippen LogP contribution in [-0.2, 0) is 6.54 Å². The maximum Gasteiger partial charge on any atom is 0.390 e. The van der Waals surface area contributed by atoms with Crippen LogP contribution in [0.1, 0.15) is 12.0 Å². The van der Waals surface area contributed by atoms with E-state index in [1.807, 2.05) is 0 Å². The van der Waals surface area contributed by atoms with Gasteiger partial charge in [0.1, 0.15) is 0 Å². The normalized spacial score (nSPS) is 11.8. The van der Waals surface area contributed by atoms with Crippen molar-refractivity contribution < 1.29 is 22.7 Å². The van der Waals surface area contributed by atoms with Crippen LogP contribution in [0.4, 0.5) is 17.6 Å². The summed E-state index contributed by atoms with van der Waals surface area (Å²) in [5.41, 5.74) is 0.484. The lowest BCUT2D eigenvalue weighted by atomic mass is 10.2. The van der Waals surface area contributed by atoms with E-state index in [-0.39, 0.29) is 13.1 Å². The van der Waals surface area contributed by atoms with Gasteiger partial charge in [-0.1, -0.05) is 6.07 Å². The average Bonchev–Trinajstić information content (AvgIpc) is 2.17. The topological polar surface area (TPSA) is 32.3 Å². The molecule has 1 rings (SSSR count). The lowest BCUT2D eigenvalue weighted by molar-refractivity contribution is -0.133. The molecule has 2 N–H and O–H groups in total. The van der Waals surface area contributed by atoms with E-state index < -0.39 is 24.2 Å². The molecule has 6 heteroatoms. The van der Waals surface area contributed by atoms with Crippen LogP contribution < -0.4 is 5.32 Å². The average molecular weight is 237 g/mol. The Hall–Kier alpha value is -1.30. The van der Waals surface area contributed by atoms with Gasteiger partial charge >= 0.3 is 6.18 Å². The minimum atomic E-state index is -4.19. The van der Waals surface area contributed by atoms with Gasteiger partial charge < -0.3 is 10.4 Å². The third-order valence-electron chi connectivity index (χ3n) is 1.93. The molecular formula is C10H11F4NO. The summed E-state index contributed by atoms with van der Waals surface area (Å²) in [5, 5.41) is 11.4. The minimum absolute atomic E-state index is 0.132. The molecule has 0 fully saturated rings. The first-order chi connectivity index (χ1) is 7.38. The standard InChI is InChI=1S/C10H11F4NO/c11-8-5-7(1-2-9(8)16)6-15-4-3-10(12,13)14/h1-2,5,15-16H,3-4,6H2. The predicted molar refractivity (Wildman–Crippen MR) is 50.4 cm³/mol. The first-order valence-corrected chi connectivity index (χ1v) is 4.63. The number of aromatic hydroxyl groups is 1. The molecule has 0 saturated heterocycles. The van der Waals surface area contributed by atoms with Crippen molar-refractivity contribution in [3.05, 3.63) is 29.6 Å². The first-order valence-electron chi connectivity index (χ1n) is 4.63. The summed E-state index contributed by atoms with van der Waals surface area (Å²) in [4.78, 5) is 0. The van der Waals surface area contributed by atoms with Crippen molar-refractivity contribution in [2.45, 2.75) is 19.1 Å². The highest BCUT2D eigenvalue weighted by atomic mass is 19.4. The Labute approximate surface area is 89.9 Å². The van der Waals surface area contributed by atoms with Crippen LogP contribution in [0.3, 0.4) is 0 Å². The summed E-state index contributed by atoms with van der Waals surface area (Å²) < 4.78 is 48.1. The molecule has 16 heavy (non-hydrogen) atoms. The van der Waals surface area contributed by atoms with Crippen molar-refractivity contribution in [1.29, 1.82) is 0 Å². The van der Waals surface area contributed by atoms with Crippen LogP contribution in [0.25, 0.3) is 0 Å². The smallest absolute Gasteiger partial charge is 0.390 e. The molecule has 0 atom stereocenters. The first kappa shape index (κ1) is 12.8. The zero-order valence-electron chi connectivity index (χ0n) is 8.31. The highest BCUT2D eigenvalue weighted by molar-refractivity contribution is 5.27. The molecule has 0 aliphatic rings. The lowest BCUT2D eigenvalue weighted by Crippen LogP contribution is -2.21. The monoisotopic (exact) mass is 237 g/mol. The number of hydrogen-bond acceptors (Lipinski definition) is 2. The fourth-order valence-corrected chi connectivity index (χ4v) is 1.12. The molecule has 0 aliphatic carbocycles. The fraction of sp³-hybridized carbons (Fsp3) is 0.400. The summed E-state index contributed by atoms with van der Waals surface area (Å²) >= 11 is 0. The molecule has 90 valence electrons. The van der Waals surface area contributed by atoms with Crippen molar-refractivity contribution in [2.24, 2.45) is 0 Å². The van der Waals surface area contributed by atoms with Gasteiger partial charge in [0, 0.05) is 13.1 Å². The largest absolute Gasteiger partial charge is 0.505 e. The van der Waals surface area contributed by atoms with E-state index in [1.54, 1.807) is 0 Å². The quantitative estimate of drug-likeness (QED) is 0.623. The third kappa shape index (κ3) is 4.48. The Morgan fingerprint density at radius 1 is 1.25 bits per heavy atom. The third-order valence-corrected chi connectivity index (χ3v) is 1.93. The molecule has 0 aromatic heterocycles. The van der Waals surface area contributed by atoms with Crippen molar-refractivity contribution in [3.8, 4) is 5.75 Å². The number of phenolic OH excluding ortho intramolecular Hbond substituents is 1. The van der Waals surface area contributed by atoms with Crippen LogP contribution in [0.15, 0.2) is 18.2 Å². The molecule has 0 spiro atoms. The molecule has 0 radical (unpaired) electrons. The van der Waals surface area contributed by atoms with Gasteiger partial charge in [0.2, 0.25) is 0 Å². The van der Waals surface area contributed by atoms with Crippen molar-refractivity contribution in [2.75, 3.05) is 6.54 Å². The van der Waals surface area contributed by atoms with Gasteiger partial charge in [0.05, 0.1) is 6.42 Å². The second-order valence-electron chi connectivity index (χ2n) is 3.33. The fourth-order valence-electron chi connectivity index (χ4n) is 1.12. The van der Waals surface area contributed by atoms with E-state index in [2.05, 4.69) is 5.32 Å². The van der Waals surface area contributed by atoms with Crippen molar-refractivity contribution in [1.82, 2.24) is 5.32 Å². The Morgan fingerprint density at radius 2 is 1.94 bits per heavy atom. The highest BCUT2D eigenvalue weighted by Crippen LogP contribution is 2.19. The molecule has 0 bridgehead atoms. The molecule has 1 aromatic carbocycles. The van der Waals surface area contributed by atoms with Gasteiger partial charge in [-0.15, -0.1) is 0 Å². The molecule has 0 unspecified atom stereocenters. The zero-order chi connectivity index (χ0) is 12.2. The Bertz CT molecular complexity index is 351. The van der Waals surface area contributed by atoms with E-state index in [0.29, 0.717) is 5.56 Å². The summed E-state index contributed by atoms with van der Waals surface area (Å²) in [7, 11) is 0. The SMILES string of the molecule is Oc1ccc(CNCCC(F)(F)F)cc1F. The van der Waals surface area contributed by atoms with E-state index in [0.717, 1.165) is 12.1 Å². The molecule has 0 heterocycles. The predicted octanol–water partition coefficient (Wildman–Crippen LogP) is 2.57. The van der Waals surface area contributed by atoms with Crippen LogP contribution in [-0.4, -0.2) is 17.8 Å². The maximum atomic E-state index is 12.8. The molecule has 2 nitrogen and oxygen atoms in total. The Morgan fingerprint density at radius 3 is 2.50 bits per heavy atom. The summed E-state index contributed by atoms with van der Waals surface area (Å²) in [6.07, 6.45) is -5.11. The second kappa shape index (κ2) is 5.16. The van der Waals surface area contributed by atoms with Crippen LogP contribution >= 0.6 is 0 Å². The van der Waals surface area contributed by atoms with Gasteiger partial charge in [-0.3, -0.25) is 0 Å². The number of phenols is 1.